The third-order valence-electron chi connectivity index (χ3n) is 4.40. The van der Waals surface area contributed by atoms with E-state index in [0.717, 1.165) is 24.3 Å². The van der Waals surface area contributed by atoms with Gasteiger partial charge in [-0.2, -0.15) is 0 Å². The number of hydrogen-bond donors (Lipinski definition) is 2. The van der Waals surface area contributed by atoms with E-state index < -0.39 is 6.04 Å². The maximum atomic E-state index is 12.2. The second kappa shape index (κ2) is 8.09. The van der Waals surface area contributed by atoms with Crippen LogP contribution in [0.2, 0.25) is 0 Å². The summed E-state index contributed by atoms with van der Waals surface area (Å²) < 4.78 is 12.1. The van der Waals surface area contributed by atoms with Crippen molar-refractivity contribution in [3.63, 3.8) is 0 Å². The monoisotopic (exact) mass is 345 g/mol. The topological polar surface area (TPSA) is 104 Å². The Morgan fingerprint density at radius 3 is 2.80 bits per heavy atom. The molecule has 1 atom stereocenters. The lowest BCUT2D eigenvalue weighted by Gasteiger charge is -2.26. The molecule has 1 amide bonds. The van der Waals surface area contributed by atoms with E-state index in [0.29, 0.717) is 25.5 Å². The predicted molar refractivity (Wildman–Crippen MR) is 91.3 cm³/mol. The Hall–Kier alpha value is -2.45. The van der Waals surface area contributed by atoms with E-state index >= 15 is 0 Å². The molecule has 0 radical (unpaired) electrons. The van der Waals surface area contributed by atoms with Gasteiger partial charge in [-0.15, -0.1) is 5.10 Å². The van der Waals surface area contributed by atoms with E-state index in [9.17, 15) is 4.79 Å². The number of carbonyl (C=O) groups is 1. The van der Waals surface area contributed by atoms with Gasteiger partial charge in [0.25, 0.3) is 0 Å². The van der Waals surface area contributed by atoms with E-state index in [1.54, 1.807) is 18.0 Å². The molecule has 1 aliphatic rings. The van der Waals surface area contributed by atoms with Crippen LogP contribution in [0.25, 0.3) is 5.69 Å². The summed E-state index contributed by atoms with van der Waals surface area (Å²) in [6.45, 7) is 1.63. The van der Waals surface area contributed by atoms with E-state index in [2.05, 4.69) is 15.6 Å². The van der Waals surface area contributed by atoms with Gasteiger partial charge in [-0.05, 0) is 43.0 Å². The van der Waals surface area contributed by atoms with Gasteiger partial charge in [0.15, 0.2) is 0 Å². The zero-order valence-corrected chi connectivity index (χ0v) is 14.2. The van der Waals surface area contributed by atoms with Crippen LogP contribution in [0.1, 0.15) is 18.5 Å². The van der Waals surface area contributed by atoms with Crippen LogP contribution in [0.4, 0.5) is 0 Å². The fourth-order valence-electron chi connectivity index (χ4n) is 2.83. The Bertz CT molecular complexity index is 695. The molecule has 0 spiro atoms. The smallest absolute Gasteiger partial charge is 0.237 e. The summed E-state index contributed by atoms with van der Waals surface area (Å²) in [5.74, 6) is 0.785. The summed E-state index contributed by atoms with van der Waals surface area (Å²) in [6.07, 6.45) is 3.42. The molecule has 0 saturated carbocycles. The summed E-state index contributed by atoms with van der Waals surface area (Å²) in [5.41, 5.74) is 7.59. The highest BCUT2D eigenvalue weighted by Gasteiger charge is 2.26. The quantitative estimate of drug-likeness (QED) is 0.796. The van der Waals surface area contributed by atoms with Gasteiger partial charge in [-0.25, -0.2) is 4.68 Å². The van der Waals surface area contributed by atoms with Crippen LogP contribution in [-0.4, -0.2) is 47.3 Å². The summed E-state index contributed by atoms with van der Waals surface area (Å²) in [5, 5.41) is 11.0. The third-order valence-corrected chi connectivity index (χ3v) is 4.40. The molecule has 25 heavy (non-hydrogen) atoms. The van der Waals surface area contributed by atoms with Gasteiger partial charge >= 0.3 is 0 Å². The molecule has 134 valence electrons. The number of aromatic nitrogens is 3. The molecule has 0 bridgehead atoms. The van der Waals surface area contributed by atoms with Crippen molar-refractivity contribution < 1.29 is 14.3 Å². The molecule has 8 nitrogen and oxygen atoms in total. The van der Waals surface area contributed by atoms with Crippen LogP contribution < -0.4 is 15.8 Å². The van der Waals surface area contributed by atoms with Crippen molar-refractivity contribution in [2.24, 2.45) is 11.7 Å². The Labute approximate surface area is 146 Å². The number of benzene rings is 1. The molecule has 0 aliphatic carbocycles. The van der Waals surface area contributed by atoms with Crippen molar-refractivity contribution in [3.8, 4) is 11.4 Å². The molecule has 2 aromatic rings. The lowest BCUT2D eigenvalue weighted by molar-refractivity contribution is -0.124. The van der Waals surface area contributed by atoms with Crippen molar-refractivity contribution in [1.29, 1.82) is 0 Å². The number of nitrogens with one attached hydrogen (secondary N) is 1. The number of nitrogens with zero attached hydrogens (tertiary/aromatic N) is 3. The van der Waals surface area contributed by atoms with Crippen molar-refractivity contribution in [2.45, 2.75) is 25.4 Å². The Kier molecular flexibility index (Phi) is 5.62. The number of amides is 1. The summed E-state index contributed by atoms with van der Waals surface area (Å²) >= 11 is 0. The molecule has 1 aliphatic heterocycles. The minimum Gasteiger partial charge on any atom is -0.497 e. The van der Waals surface area contributed by atoms with Crippen molar-refractivity contribution in [1.82, 2.24) is 20.3 Å². The first-order chi connectivity index (χ1) is 12.2. The molecular formula is C17H23N5O3. The zero-order chi connectivity index (χ0) is 17.6. The standard InChI is InChI=1S/C17H23N5O3/c1-24-15-4-2-14(3-5-15)22-11-13(20-21-22)10-19-17(23)16(18)12-6-8-25-9-7-12/h2-5,11-12,16H,6-10,18H2,1H3,(H,19,23). The maximum Gasteiger partial charge on any atom is 0.237 e. The molecule has 1 unspecified atom stereocenters. The third kappa shape index (κ3) is 4.34. The van der Waals surface area contributed by atoms with E-state index in [-0.39, 0.29) is 11.8 Å². The van der Waals surface area contributed by atoms with Crippen molar-refractivity contribution in [3.05, 3.63) is 36.2 Å². The van der Waals surface area contributed by atoms with Crippen molar-refractivity contribution in [2.75, 3.05) is 20.3 Å². The fourth-order valence-corrected chi connectivity index (χ4v) is 2.83. The highest BCUT2D eigenvalue weighted by atomic mass is 16.5. The Morgan fingerprint density at radius 2 is 2.12 bits per heavy atom. The van der Waals surface area contributed by atoms with Gasteiger partial charge in [0, 0.05) is 13.2 Å². The first-order valence-electron chi connectivity index (χ1n) is 8.34. The van der Waals surface area contributed by atoms with Crippen LogP contribution in [-0.2, 0) is 16.1 Å². The van der Waals surface area contributed by atoms with Crippen LogP contribution in [0.5, 0.6) is 5.75 Å². The normalized spacial score (nSPS) is 16.4. The minimum atomic E-state index is -0.513. The van der Waals surface area contributed by atoms with Gasteiger partial charge in [0.1, 0.15) is 11.4 Å². The highest BCUT2D eigenvalue weighted by Crippen LogP contribution is 2.18. The molecular weight excluding hydrogens is 322 g/mol. The molecule has 1 fully saturated rings. The SMILES string of the molecule is COc1ccc(-n2cc(CNC(=O)C(N)C3CCOCC3)nn2)cc1. The average Bonchev–Trinajstić information content (AvgIpc) is 3.15. The van der Waals surface area contributed by atoms with Gasteiger partial charge in [0.05, 0.1) is 31.6 Å². The fraction of sp³-hybridized carbons (Fsp3) is 0.471. The van der Waals surface area contributed by atoms with Crippen LogP contribution in [0.15, 0.2) is 30.5 Å². The first-order valence-corrected chi connectivity index (χ1v) is 8.34. The second-order valence-corrected chi connectivity index (χ2v) is 6.05. The number of carbonyl (C=O) groups excluding carboxylic acids is 1. The molecule has 1 saturated heterocycles. The van der Waals surface area contributed by atoms with Gasteiger partial charge in [-0.1, -0.05) is 5.21 Å². The average molecular weight is 345 g/mol. The first kappa shape index (κ1) is 17.4. The van der Waals surface area contributed by atoms with Crippen LogP contribution in [0, 0.1) is 5.92 Å². The lowest BCUT2D eigenvalue weighted by atomic mass is 9.92. The largest absolute Gasteiger partial charge is 0.497 e. The summed E-state index contributed by atoms with van der Waals surface area (Å²) in [6, 6.07) is 6.96. The van der Waals surface area contributed by atoms with Gasteiger partial charge in [0.2, 0.25) is 5.91 Å². The summed E-state index contributed by atoms with van der Waals surface area (Å²) in [4.78, 5) is 12.2. The van der Waals surface area contributed by atoms with Crippen LogP contribution >= 0.6 is 0 Å². The Balaban J connectivity index is 1.54. The van der Waals surface area contributed by atoms with Crippen molar-refractivity contribution >= 4 is 5.91 Å². The van der Waals surface area contributed by atoms with E-state index in [4.69, 9.17) is 15.2 Å². The van der Waals surface area contributed by atoms with Crippen LogP contribution in [0.3, 0.4) is 0 Å². The molecule has 3 rings (SSSR count). The zero-order valence-electron chi connectivity index (χ0n) is 14.2. The molecule has 3 N–H and O–H groups in total. The number of ether oxygens (including phenoxy) is 2. The Morgan fingerprint density at radius 1 is 1.40 bits per heavy atom. The molecule has 8 heteroatoms. The van der Waals surface area contributed by atoms with E-state index in [1.165, 1.54) is 0 Å². The van der Waals surface area contributed by atoms with Gasteiger partial charge in [-0.3, -0.25) is 4.79 Å². The minimum absolute atomic E-state index is 0.161. The molecule has 1 aromatic carbocycles. The molecule has 1 aromatic heterocycles. The van der Waals surface area contributed by atoms with E-state index in [1.807, 2.05) is 24.3 Å². The number of rotatable bonds is 6. The lowest BCUT2D eigenvalue weighted by Crippen LogP contribution is -2.46. The maximum absolute atomic E-state index is 12.2. The number of methoxy groups -OCH3 is 1. The molecule has 2 heterocycles. The van der Waals surface area contributed by atoms with Gasteiger partial charge < -0.3 is 20.5 Å². The predicted octanol–water partition coefficient (Wildman–Crippen LogP) is 0.646. The number of nitrogens with two attached hydrogens (primary N) is 1. The number of hydrogen-bond acceptors (Lipinski definition) is 6. The highest BCUT2D eigenvalue weighted by molar-refractivity contribution is 5.81. The summed E-state index contributed by atoms with van der Waals surface area (Å²) in [7, 11) is 1.62. The second-order valence-electron chi connectivity index (χ2n) is 6.05.